The van der Waals surface area contributed by atoms with Crippen LogP contribution in [0.1, 0.15) is 57.9 Å². The van der Waals surface area contributed by atoms with Gasteiger partial charge in [-0.05, 0) is 48.5 Å². The summed E-state index contributed by atoms with van der Waals surface area (Å²) in [4.78, 5) is 10.3. The fourth-order valence-corrected chi connectivity index (χ4v) is 3.16. The van der Waals surface area contributed by atoms with Crippen molar-refractivity contribution in [3.05, 3.63) is 39.9 Å². The summed E-state index contributed by atoms with van der Waals surface area (Å²) in [7, 11) is 0. The van der Waals surface area contributed by atoms with Gasteiger partial charge in [0.15, 0.2) is 0 Å². The average molecular weight is 261 g/mol. The minimum absolute atomic E-state index is 0.187. The number of benzene rings is 1. The molecule has 0 aromatic heterocycles. The molecule has 0 N–H and O–H groups in total. The summed E-state index contributed by atoms with van der Waals surface area (Å²) < 4.78 is 0. The normalized spacial score (nSPS) is 24.2. The minimum atomic E-state index is -0.333. The van der Waals surface area contributed by atoms with Crippen LogP contribution in [0.25, 0.3) is 0 Å². The summed E-state index contributed by atoms with van der Waals surface area (Å²) in [6.45, 7) is 6.97. The van der Waals surface area contributed by atoms with Crippen molar-refractivity contribution in [3.63, 3.8) is 0 Å². The molecule has 0 saturated heterocycles. The molecule has 1 aliphatic carbocycles. The van der Waals surface area contributed by atoms with Crippen molar-refractivity contribution in [2.45, 2.75) is 52.4 Å². The Morgan fingerprint density at radius 3 is 2.00 bits per heavy atom. The number of hydrogen-bond donors (Lipinski definition) is 0. The number of non-ortho nitro benzene ring substituents is 1. The predicted octanol–water partition coefficient (Wildman–Crippen LogP) is 4.91. The van der Waals surface area contributed by atoms with Crippen molar-refractivity contribution in [1.29, 1.82) is 0 Å². The van der Waals surface area contributed by atoms with E-state index in [1.807, 2.05) is 12.1 Å². The number of nitro groups is 1. The summed E-state index contributed by atoms with van der Waals surface area (Å²) in [5.74, 6) is 1.39. The third kappa shape index (κ3) is 3.34. The Hall–Kier alpha value is -1.38. The van der Waals surface area contributed by atoms with Crippen molar-refractivity contribution in [2.24, 2.45) is 11.3 Å². The van der Waals surface area contributed by atoms with Gasteiger partial charge in [-0.1, -0.05) is 32.9 Å². The summed E-state index contributed by atoms with van der Waals surface area (Å²) >= 11 is 0. The highest BCUT2D eigenvalue weighted by Gasteiger charge is 2.30. The van der Waals surface area contributed by atoms with E-state index in [-0.39, 0.29) is 10.6 Å². The molecule has 0 unspecified atom stereocenters. The topological polar surface area (TPSA) is 43.1 Å². The molecule has 0 heterocycles. The lowest BCUT2D eigenvalue weighted by atomic mass is 9.69. The Bertz CT molecular complexity index is 437. The third-order valence-electron chi connectivity index (χ3n) is 4.53. The lowest BCUT2D eigenvalue weighted by Gasteiger charge is -2.37. The molecule has 0 radical (unpaired) electrons. The number of nitro benzene ring substituents is 1. The summed E-state index contributed by atoms with van der Waals surface area (Å²) in [6.07, 6.45) is 4.95. The van der Waals surface area contributed by atoms with E-state index >= 15 is 0 Å². The molecule has 1 aliphatic rings. The monoisotopic (exact) mass is 261 g/mol. The van der Waals surface area contributed by atoms with Gasteiger partial charge in [0.1, 0.15) is 0 Å². The van der Waals surface area contributed by atoms with Crippen LogP contribution in [0.3, 0.4) is 0 Å². The molecular weight excluding hydrogens is 238 g/mol. The molecule has 19 heavy (non-hydrogen) atoms. The Morgan fingerprint density at radius 2 is 1.58 bits per heavy atom. The molecule has 0 atom stereocenters. The zero-order chi connectivity index (χ0) is 14.0. The first-order valence-corrected chi connectivity index (χ1v) is 7.12. The van der Waals surface area contributed by atoms with Crippen LogP contribution in [0.2, 0.25) is 0 Å². The molecule has 1 saturated carbocycles. The quantitative estimate of drug-likeness (QED) is 0.560. The smallest absolute Gasteiger partial charge is 0.258 e. The van der Waals surface area contributed by atoms with Gasteiger partial charge in [-0.25, -0.2) is 0 Å². The van der Waals surface area contributed by atoms with Crippen LogP contribution in [0.15, 0.2) is 24.3 Å². The Labute approximate surface area is 115 Å². The van der Waals surface area contributed by atoms with Crippen molar-refractivity contribution in [3.8, 4) is 0 Å². The van der Waals surface area contributed by atoms with Crippen molar-refractivity contribution >= 4 is 5.69 Å². The van der Waals surface area contributed by atoms with Crippen LogP contribution in [-0.4, -0.2) is 4.92 Å². The van der Waals surface area contributed by atoms with Gasteiger partial charge in [0.2, 0.25) is 0 Å². The predicted molar refractivity (Wildman–Crippen MR) is 77.3 cm³/mol. The first-order chi connectivity index (χ1) is 8.88. The van der Waals surface area contributed by atoms with Crippen LogP contribution in [0.5, 0.6) is 0 Å². The molecule has 0 bridgehead atoms. The van der Waals surface area contributed by atoms with Gasteiger partial charge < -0.3 is 0 Å². The SMILES string of the molecule is CC(C)(C)C1CCC(c2ccc([N+](=O)[O-])cc2)CC1. The maximum Gasteiger partial charge on any atom is 0.269 e. The highest BCUT2D eigenvalue weighted by molar-refractivity contribution is 5.34. The first-order valence-electron chi connectivity index (χ1n) is 7.12. The molecular formula is C16H23NO2. The van der Waals surface area contributed by atoms with E-state index in [1.165, 1.54) is 31.2 Å². The molecule has 0 aliphatic heterocycles. The van der Waals surface area contributed by atoms with E-state index < -0.39 is 0 Å². The van der Waals surface area contributed by atoms with Crippen molar-refractivity contribution in [2.75, 3.05) is 0 Å². The fraction of sp³-hybridized carbons (Fsp3) is 0.625. The van der Waals surface area contributed by atoms with Gasteiger partial charge in [0.25, 0.3) is 5.69 Å². The van der Waals surface area contributed by atoms with Crippen molar-refractivity contribution in [1.82, 2.24) is 0 Å². The zero-order valence-corrected chi connectivity index (χ0v) is 12.1. The first kappa shape index (κ1) is 14.0. The Kier molecular flexibility index (Phi) is 3.93. The molecule has 1 aromatic carbocycles. The van der Waals surface area contributed by atoms with Crippen LogP contribution in [0, 0.1) is 21.4 Å². The largest absolute Gasteiger partial charge is 0.269 e. The highest BCUT2D eigenvalue weighted by atomic mass is 16.6. The lowest BCUT2D eigenvalue weighted by molar-refractivity contribution is -0.384. The second kappa shape index (κ2) is 5.32. The molecule has 3 heteroatoms. The van der Waals surface area contributed by atoms with Gasteiger partial charge in [-0.3, -0.25) is 10.1 Å². The number of hydrogen-bond acceptors (Lipinski definition) is 2. The Morgan fingerprint density at radius 1 is 1.05 bits per heavy atom. The second-order valence-corrected chi connectivity index (χ2v) is 6.76. The lowest BCUT2D eigenvalue weighted by Crippen LogP contribution is -2.25. The third-order valence-corrected chi connectivity index (χ3v) is 4.53. The van der Waals surface area contributed by atoms with Crippen LogP contribution in [-0.2, 0) is 0 Å². The zero-order valence-electron chi connectivity index (χ0n) is 12.1. The standard InChI is InChI=1S/C16H23NO2/c1-16(2,3)14-8-4-12(5-9-14)13-6-10-15(11-7-13)17(18)19/h6-7,10-12,14H,4-5,8-9H2,1-3H3. The molecule has 1 fully saturated rings. The van der Waals surface area contributed by atoms with E-state index in [0.717, 1.165) is 5.92 Å². The van der Waals surface area contributed by atoms with E-state index in [1.54, 1.807) is 12.1 Å². The van der Waals surface area contributed by atoms with Crippen molar-refractivity contribution < 1.29 is 4.92 Å². The van der Waals surface area contributed by atoms with E-state index in [2.05, 4.69) is 20.8 Å². The Balaban J connectivity index is 2.00. The van der Waals surface area contributed by atoms with Crippen LogP contribution in [0.4, 0.5) is 5.69 Å². The van der Waals surface area contributed by atoms with E-state index in [0.29, 0.717) is 11.3 Å². The molecule has 0 spiro atoms. The van der Waals surface area contributed by atoms with Gasteiger partial charge in [-0.2, -0.15) is 0 Å². The van der Waals surface area contributed by atoms with E-state index in [4.69, 9.17) is 0 Å². The summed E-state index contributed by atoms with van der Waals surface area (Å²) in [5.41, 5.74) is 1.85. The fourth-order valence-electron chi connectivity index (χ4n) is 3.16. The van der Waals surface area contributed by atoms with Crippen LogP contribution >= 0.6 is 0 Å². The van der Waals surface area contributed by atoms with Crippen LogP contribution < -0.4 is 0 Å². The summed E-state index contributed by atoms with van der Waals surface area (Å²) in [6, 6.07) is 7.12. The number of rotatable bonds is 2. The van der Waals surface area contributed by atoms with Gasteiger partial charge in [0.05, 0.1) is 4.92 Å². The molecule has 2 rings (SSSR count). The van der Waals surface area contributed by atoms with Gasteiger partial charge >= 0.3 is 0 Å². The van der Waals surface area contributed by atoms with Gasteiger partial charge in [0, 0.05) is 12.1 Å². The highest BCUT2D eigenvalue weighted by Crippen LogP contribution is 2.43. The molecule has 1 aromatic rings. The maximum atomic E-state index is 10.6. The van der Waals surface area contributed by atoms with E-state index in [9.17, 15) is 10.1 Å². The molecule has 104 valence electrons. The summed E-state index contributed by atoms with van der Waals surface area (Å²) in [5, 5.41) is 10.6. The minimum Gasteiger partial charge on any atom is -0.258 e. The molecule has 3 nitrogen and oxygen atoms in total. The maximum absolute atomic E-state index is 10.6. The molecule has 0 amide bonds. The average Bonchev–Trinajstić information content (AvgIpc) is 2.38. The second-order valence-electron chi connectivity index (χ2n) is 6.76. The van der Waals surface area contributed by atoms with Gasteiger partial charge in [-0.15, -0.1) is 0 Å². The number of nitrogens with zero attached hydrogens (tertiary/aromatic N) is 1.